The molecule has 0 bridgehead atoms. The first kappa shape index (κ1) is 11.4. The Morgan fingerprint density at radius 2 is 1.80 bits per heavy atom. The molecule has 0 saturated carbocycles. The molecule has 15 heavy (non-hydrogen) atoms. The Labute approximate surface area is 83.5 Å². The normalized spacial score (nSPS) is 12.3. The molecule has 1 aromatic rings. The second-order valence-corrected chi connectivity index (χ2v) is 2.96. The molecule has 1 atom stereocenters. The van der Waals surface area contributed by atoms with Gasteiger partial charge in [-0.1, -0.05) is 0 Å². The highest BCUT2D eigenvalue weighted by Gasteiger charge is 2.14. The van der Waals surface area contributed by atoms with Crippen LogP contribution < -0.4 is 5.32 Å². The molecule has 0 amide bonds. The summed E-state index contributed by atoms with van der Waals surface area (Å²) in [7, 11) is 0. The van der Waals surface area contributed by atoms with Crippen LogP contribution in [-0.4, -0.2) is 17.1 Å². The molecule has 0 saturated heterocycles. The number of carboxylic acids is 1. The van der Waals surface area contributed by atoms with Gasteiger partial charge in [0.05, 0.1) is 0 Å². The zero-order valence-corrected chi connectivity index (χ0v) is 7.72. The van der Waals surface area contributed by atoms with Gasteiger partial charge in [-0.3, -0.25) is 4.79 Å². The summed E-state index contributed by atoms with van der Waals surface area (Å²) in [5, 5.41) is 10.8. The van der Waals surface area contributed by atoms with Gasteiger partial charge in [0.1, 0.15) is 6.04 Å². The molecule has 0 spiro atoms. The van der Waals surface area contributed by atoms with E-state index in [4.69, 9.17) is 5.11 Å². The third-order valence-electron chi connectivity index (χ3n) is 1.74. The van der Waals surface area contributed by atoms with Crippen LogP contribution in [0.15, 0.2) is 12.1 Å². The molecule has 0 heterocycles. The molecule has 0 aliphatic carbocycles. The van der Waals surface area contributed by atoms with Crippen LogP contribution in [0.3, 0.4) is 0 Å². The van der Waals surface area contributed by atoms with Crippen LogP contribution in [0, 0.1) is 17.5 Å². The number of benzene rings is 1. The Morgan fingerprint density at radius 3 is 2.20 bits per heavy atom. The fourth-order valence-electron chi connectivity index (χ4n) is 0.951. The van der Waals surface area contributed by atoms with Crippen LogP contribution in [0.25, 0.3) is 0 Å². The van der Waals surface area contributed by atoms with Gasteiger partial charge in [-0.2, -0.15) is 0 Å². The van der Waals surface area contributed by atoms with E-state index >= 15 is 0 Å². The molecule has 0 aromatic heterocycles. The van der Waals surface area contributed by atoms with Gasteiger partial charge in [-0.25, -0.2) is 13.2 Å². The molecule has 6 heteroatoms. The topological polar surface area (TPSA) is 49.3 Å². The lowest BCUT2D eigenvalue weighted by atomic mass is 10.2. The average Bonchev–Trinajstić information content (AvgIpc) is 2.13. The van der Waals surface area contributed by atoms with Crippen molar-refractivity contribution in [3.63, 3.8) is 0 Å². The maximum Gasteiger partial charge on any atom is 0.325 e. The third-order valence-corrected chi connectivity index (χ3v) is 1.74. The molecule has 3 nitrogen and oxygen atoms in total. The number of anilines is 1. The van der Waals surface area contributed by atoms with Crippen LogP contribution in [0.1, 0.15) is 6.92 Å². The zero-order chi connectivity index (χ0) is 11.6. The van der Waals surface area contributed by atoms with Crippen molar-refractivity contribution in [2.45, 2.75) is 13.0 Å². The molecule has 0 aliphatic rings. The van der Waals surface area contributed by atoms with Gasteiger partial charge < -0.3 is 10.4 Å². The maximum absolute atomic E-state index is 12.7. The second-order valence-electron chi connectivity index (χ2n) is 2.96. The number of rotatable bonds is 3. The molecule has 2 N–H and O–H groups in total. The summed E-state index contributed by atoms with van der Waals surface area (Å²) >= 11 is 0. The van der Waals surface area contributed by atoms with Crippen molar-refractivity contribution in [3.8, 4) is 0 Å². The Balaban J connectivity index is 2.92. The minimum atomic E-state index is -1.58. The highest BCUT2D eigenvalue weighted by Crippen LogP contribution is 2.17. The lowest BCUT2D eigenvalue weighted by Gasteiger charge is -2.10. The van der Waals surface area contributed by atoms with Crippen LogP contribution in [0.4, 0.5) is 18.9 Å². The number of aliphatic carboxylic acids is 1. The van der Waals surface area contributed by atoms with Gasteiger partial charge in [0.15, 0.2) is 17.5 Å². The quantitative estimate of drug-likeness (QED) is 0.764. The lowest BCUT2D eigenvalue weighted by Crippen LogP contribution is -2.25. The van der Waals surface area contributed by atoms with Crippen molar-refractivity contribution in [1.82, 2.24) is 0 Å². The van der Waals surface area contributed by atoms with Crippen LogP contribution in [0.2, 0.25) is 0 Å². The summed E-state index contributed by atoms with van der Waals surface area (Å²) in [5.41, 5.74) is -0.124. The first-order chi connectivity index (χ1) is 6.91. The fraction of sp³-hybridized carbons (Fsp3) is 0.222. The van der Waals surface area contributed by atoms with Gasteiger partial charge in [-0.15, -0.1) is 0 Å². The van der Waals surface area contributed by atoms with E-state index in [9.17, 15) is 18.0 Å². The van der Waals surface area contributed by atoms with Gasteiger partial charge in [-0.05, 0) is 6.92 Å². The van der Waals surface area contributed by atoms with Crippen molar-refractivity contribution in [1.29, 1.82) is 0 Å². The number of nitrogens with one attached hydrogen (secondary N) is 1. The van der Waals surface area contributed by atoms with Crippen LogP contribution >= 0.6 is 0 Å². The summed E-state index contributed by atoms with van der Waals surface area (Å²) in [5.74, 6) is -5.49. The smallest absolute Gasteiger partial charge is 0.325 e. The van der Waals surface area contributed by atoms with E-state index in [1.54, 1.807) is 0 Å². The van der Waals surface area contributed by atoms with Crippen molar-refractivity contribution in [3.05, 3.63) is 29.6 Å². The standard InChI is InChI=1S/C9H8F3NO2/c1-4(9(14)15)13-5-2-6(10)8(12)7(11)3-5/h2-4,13H,1H3,(H,14,15). The van der Waals surface area contributed by atoms with Gasteiger partial charge in [0.2, 0.25) is 0 Å². The molecular weight excluding hydrogens is 211 g/mol. The minimum absolute atomic E-state index is 0.124. The molecule has 1 aromatic carbocycles. The third kappa shape index (κ3) is 2.61. The van der Waals surface area contributed by atoms with E-state index in [1.165, 1.54) is 6.92 Å². The summed E-state index contributed by atoms with van der Waals surface area (Å²) in [6.45, 7) is 1.29. The monoisotopic (exact) mass is 219 g/mol. The van der Waals surface area contributed by atoms with Crippen molar-refractivity contribution in [2.75, 3.05) is 5.32 Å². The summed E-state index contributed by atoms with van der Waals surface area (Å²) in [4.78, 5) is 10.4. The Morgan fingerprint density at radius 1 is 1.33 bits per heavy atom. The first-order valence-corrected chi connectivity index (χ1v) is 4.05. The molecular formula is C9H8F3NO2. The van der Waals surface area contributed by atoms with Crippen molar-refractivity contribution in [2.24, 2.45) is 0 Å². The Hall–Kier alpha value is -1.72. The molecule has 0 radical (unpaired) electrons. The Kier molecular flexibility index (Phi) is 3.18. The highest BCUT2D eigenvalue weighted by molar-refractivity contribution is 5.76. The predicted octanol–water partition coefficient (Wildman–Crippen LogP) is 1.99. The lowest BCUT2D eigenvalue weighted by molar-refractivity contribution is -0.137. The van der Waals surface area contributed by atoms with E-state index < -0.39 is 29.5 Å². The predicted molar refractivity (Wildman–Crippen MR) is 47.0 cm³/mol. The van der Waals surface area contributed by atoms with E-state index in [1.807, 2.05) is 0 Å². The van der Waals surface area contributed by atoms with Crippen molar-refractivity contribution >= 4 is 11.7 Å². The zero-order valence-electron chi connectivity index (χ0n) is 7.72. The van der Waals surface area contributed by atoms with E-state index in [-0.39, 0.29) is 5.69 Å². The second kappa shape index (κ2) is 4.20. The fourth-order valence-corrected chi connectivity index (χ4v) is 0.951. The summed E-state index contributed by atoms with van der Waals surface area (Å²) < 4.78 is 37.9. The number of carboxylic acid groups (broad SMARTS) is 1. The number of carbonyl (C=O) groups is 1. The van der Waals surface area contributed by atoms with E-state index in [0.717, 1.165) is 0 Å². The number of hydrogen-bond donors (Lipinski definition) is 2. The minimum Gasteiger partial charge on any atom is -0.480 e. The van der Waals surface area contributed by atoms with Crippen LogP contribution in [-0.2, 0) is 4.79 Å². The molecule has 0 fully saturated rings. The number of halogens is 3. The van der Waals surface area contributed by atoms with Gasteiger partial charge >= 0.3 is 5.97 Å². The van der Waals surface area contributed by atoms with Crippen molar-refractivity contribution < 1.29 is 23.1 Å². The molecule has 1 unspecified atom stereocenters. The van der Waals surface area contributed by atoms with Gasteiger partial charge in [0, 0.05) is 17.8 Å². The maximum atomic E-state index is 12.7. The molecule has 82 valence electrons. The average molecular weight is 219 g/mol. The largest absolute Gasteiger partial charge is 0.480 e. The molecule has 0 aliphatic heterocycles. The van der Waals surface area contributed by atoms with E-state index in [0.29, 0.717) is 12.1 Å². The SMILES string of the molecule is CC(Nc1cc(F)c(F)c(F)c1)C(=O)O. The Bertz CT molecular complexity index is 372. The summed E-state index contributed by atoms with van der Waals surface area (Å²) in [6.07, 6.45) is 0. The van der Waals surface area contributed by atoms with Crippen LogP contribution in [0.5, 0.6) is 0 Å². The van der Waals surface area contributed by atoms with Gasteiger partial charge in [0.25, 0.3) is 0 Å². The molecule has 1 rings (SSSR count). The van der Waals surface area contributed by atoms with E-state index in [2.05, 4.69) is 5.32 Å². The number of hydrogen-bond acceptors (Lipinski definition) is 2. The summed E-state index contributed by atoms with van der Waals surface area (Å²) in [6, 6.07) is 0.365. The highest BCUT2D eigenvalue weighted by atomic mass is 19.2. The first-order valence-electron chi connectivity index (χ1n) is 4.05.